The van der Waals surface area contributed by atoms with Gasteiger partial charge in [-0.25, -0.2) is 0 Å². The minimum atomic E-state index is -0.0634. The Hall–Kier alpha value is -1.45. The molecule has 0 radical (unpaired) electrons. The molecule has 0 spiro atoms. The molecule has 0 aliphatic rings. The van der Waals surface area contributed by atoms with E-state index in [4.69, 9.17) is 12.2 Å². The summed E-state index contributed by atoms with van der Waals surface area (Å²) in [5.41, 5.74) is 1.83. The van der Waals surface area contributed by atoms with Crippen molar-refractivity contribution in [2.75, 3.05) is 0 Å². The number of hydrogen-bond acceptors (Lipinski definition) is 3. The third kappa shape index (κ3) is 3.52. The van der Waals surface area contributed by atoms with Gasteiger partial charge in [-0.3, -0.25) is 4.79 Å². The number of Topliss-reactive ketones (excluding diaryl/α,β-unsaturated/α-hetero) is 1. The molecule has 0 heterocycles. The zero-order valence-electron chi connectivity index (χ0n) is 9.71. The second kappa shape index (κ2) is 6.47. The standard InChI is InChI=1S/C15H12OS2/c16-14(13-9-5-2-6-10-13)15(17)18-11-12-7-3-1-4-8-12/h1-10H,11H2. The lowest BCUT2D eigenvalue weighted by Crippen LogP contribution is -2.08. The van der Waals surface area contributed by atoms with Crippen molar-refractivity contribution in [1.82, 2.24) is 0 Å². The zero-order chi connectivity index (χ0) is 12.8. The van der Waals surface area contributed by atoms with Crippen LogP contribution in [-0.4, -0.2) is 9.98 Å². The van der Waals surface area contributed by atoms with E-state index in [9.17, 15) is 4.79 Å². The molecule has 90 valence electrons. The molecule has 0 saturated heterocycles. The first-order valence-electron chi connectivity index (χ1n) is 5.58. The summed E-state index contributed by atoms with van der Waals surface area (Å²) >= 11 is 6.59. The van der Waals surface area contributed by atoms with Crippen molar-refractivity contribution < 1.29 is 4.79 Å². The van der Waals surface area contributed by atoms with Gasteiger partial charge in [0, 0.05) is 11.3 Å². The predicted octanol–water partition coefficient (Wildman–Crippen LogP) is 4.13. The van der Waals surface area contributed by atoms with E-state index >= 15 is 0 Å². The van der Waals surface area contributed by atoms with Crippen LogP contribution in [0.4, 0.5) is 0 Å². The lowest BCUT2D eigenvalue weighted by atomic mass is 10.1. The molecule has 18 heavy (non-hydrogen) atoms. The number of hydrogen-bond donors (Lipinski definition) is 0. The topological polar surface area (TPSA) is 17.1 Å². The number of carbonyl (C=O) groups is 1. The highest BCUT2D eigenvalue weighted by molar-refractivity contribution is 8.24. The van der Waals surface area contributed by atoms with E-state index in [1.165, 1.54) is 17.3 Å². The molecular formula is C15H12OS2. The van der Waals surface area contributed by atoms with Gasteiger partial charge in [-0.2, -0.15) is 0 Å². The van der Waals surface area contributed by atoms with Gasteiger partial charge in [0.1, 0.15) is 4.20 Å². The Morgan fingerprint density at radius 1 is 0.944 bits per heavy atom. The summed E-state index contributed by atoms with van der Waals surface area (Å²) in [6.45, 7) is 0. The predicted molar refractivity (Wildman–Crippen MR) is 81.1 cm³/mol. The summed E-state index contributed by atoms with van der Waals surface area (Å²) in [6, 6.07) is 19.2. The van der Waals surface area contributed by atoms with Gasteiger partial charge in [-0.15, -0.1) is 11.8 Å². The molecule has 0 saturated carbocycles. The number of rotatable bonds is 4. The van der Waals surface area contributed by atoms with E-state index in [0.29, 0.717) is 9.76 Å². The molecule has 0 bridgehead atoms. The van der Waals surface area contributed by atoms with Crippen molar-refractivity contribution in [2.45, 2.75) is 5.75 Å². The molecule has 0 aromatic heterocycles. The van der Waals surface area contributed by atoms with Crippen LogP contribution in [0.1, 0.15) is 15.9 Å². The summed E-state index contributed by atoms with van der Waals surface area (Å²) < 4.78 is 0.421. The number of carbonyl (C=O) groups excluding carboxylic acids is 1. The molecule has 0 aliphatic carbocycles. The molecule has 2 aromatic carbocycles. The molecule has 0 aliphatic heterocycles. The fourth-order valence-corrected chi connectivity index (χ4v) is 2.53. The van der Waals surface area contributed by atoms with Crippen LogP contribution in [0.2, 0.25) is 0 Å². The highest BCUT2D eigenvalue weighted by Crippen LogP contribution is 2.17. The van der Waals surface area contributed by atoms with E-state index in [1.807, 2.05) is 48.5 Å². The summed E-state index contributed by atoms with van der Waals surface area (Å²) in [5, 5.41) is 0. The largest absolute Gasteiger partial charge is 0.287 e. The summed E-state index contributed by atoms with van der Waals surface area (Å²) in [7, 11) is 0. The van der Waals surface area contributed by atoms with Crippen molar-refractivity contribution >= 4 is 34.0 Å². The minimum Gasteiger partial charge on any atom is -0.287 e. The van der Waals surface area contributed by atoms with Crippen LogP contribution >= 0.6 is 24.0 Å². The minimum absolute atomic E-state index is 0.0634. The first-order chi connectivity index (χ1) is 8.77. The lowest BCUT2D eigenvalue weighted by Gasteiger charge is -2.03. The normalized spacial score (nSPS) is 10.0. The van der Waals surface area contributed by atoms with Crippen molar-refractivity contribution in [3.05, 3.63) is 71.8 Å². The highest BCUT2D eigenvalue weighted by Gasteiger charge is 2.11. The van der Waals surface area contributed by atoms with Gasteiger partial charge < -0.3 is 0 Å². The van der Waals surface area contributed by atoms with E-state index in [0.717, 1.165) is 5.75 Å². The maximum Gasteiger partial charge on any atom is 0.210 e. The number of thioether (sulfide) groups is 1. The quantitative estimate of drug-likeness (QED) is 0.615. The number of ketones is 1. The van der Waals surface area contributed by atoms with Crippen LogP contribution in [0, 0.1) is 0 Å². The molecule has 1 nitrogen and oxygen atoms in total. The molecular weight excluding hydrogens is 260 g/mol. The number of benzene rings is 2. The summed E-state index contributed by atoms with van der Waals surface area (Å²) in [4.78, 5) is 12.0. The Bertz CT molecular complexity index is 535. The Kier molecular flexibility index (Phi) is 4.67. The smallest absolute Gasteiger partial charge is 0.210 e. The fourth-order valence-electron chi connectivity index (χ4n) is 1.50. The zero-order valence-corrected chi connectivity index (χ0v) is 11.3. The first-order valence-corrected chi connectivity index (χ1v) is 6.97. The molecule has 2 aromatic rings. The third-order valence-electron chi connectivity index (χ3n) is 2.43. The molecule has 0 N–H and O–H groups in total. The third-order valence-corrected chi connectivity index (χ3v) is 3.90. The first kappa shape index (κ1) is 13.0. The van der Waals surface area contributed by atoms with Gasteiger partial charge in [-0.1, -0.05) is 72.9 Å². The van der Waals surface area contributed by atoms with Gasteiger partial charge in [0.25, 0.3) is 0 Å². The fraction of sp³-hybridized carbons (Fsp3) is 0.0667. The van der Waals surface area contributed by atoms with Crippen LogP contribution in [0.3, 0.4) is 0 Å². The SMILES string of the molecule is O=C(C(=S)SCc1ccccc1)c1ccccc1. The van der Waals surface area contributed by atoms with Crippen molar-refractivity contribution in [3.8, 4) is 0 Å². The van der Waals surface area contributed by atoms with Crippen LogP contribution in [0.25, 0.3) is 0 Å². The van der Waals surface area contributed by atoms with Gasteiger partial charge in [0.2, 0.25) is 5.78 Å². The summed E-state index contributed by atoms with van der Waals surface area (Å²) in [5.74, 6) is 0.671. The van der Waals surface area contributed by atoms with Gasteiger partial charge in [-0.05, 0) is 5.56 Å². The molecule has 0 fully saturated rings. The second-order valence-corrected chi connectivity index (χ2v) is 5.41. The van der Waals surface area contributed by atoms with E-state index in [2.05, 4.69) is 0 Å². The Morgan fingerprint density at radius 2 is 1.50 bits per heavy atom. The van der Waals surface area contributed by atoms with Crippen LogP contribution in [-0.2, 0) is 5.75 Å². The molecule has 3 heteroatoms. The average Bonchev–Trinajstić information content (AvgIpc) is 2.46. The highest BCUT2D eigenvalue weighted by atomic mass is 32.2. The van der Waals surface area contributed by atoms with Crippen LogP contribution in [0.5, 0.6) is 0 Å². The Balaban J connectivity index is 1.95. The van der Waals surface area contributed by atoms with Crippen LogP contribution in [0.15, 0.2) is 60.7 Å². The van der Waals surface area contributed by atoms with Gasteiger partial charge in [0.15, 0.2) is 0 Å². The van der Waals surface area contributed by atoms with Crippen molar-refractivity contribution in [3.63, 3.8) is 0 Å². The Morgan fingerprint density at radius 3 is 2.11 bits per heavy atom. The van der Waals surface area contributed by atoms with Crippen molar-refractivity contribution in [1.29, 1.82) is 0 Å². The summed E-state index contributed by atoms with van der Waals surface area (Å²) in [6.07, 6.45) is 0. The Labute approximate surface area is 116 Å². The van der Waals surface area contributed by atoms with Crippen LogP contribution < -0.4 is 0 Å². The van der Waals surface area contributed by atoms with E-state index < -0.39 is 0 Å². The average molecular weight is 272 g/mol. The molecule has 2 rings (SSSR count). The van der Waals surface area contributed by atoms with E-state index in [1.54, 1.807) is 12.1 Å². The molecule has 0 amide bonds. The van der Waals surface area contributed by atoms with Gasteiger partial charge in [0.05, 0.1) is 0 Å². The molecule has 0 atom stereocenters. The maximum absolute atomic E-state index is 12.0. The van der Waals surface area contributed by atoms with E-state index in [-0.39, 0.29) is 5.78 Å². The lowest BCUT2D eigenvalue weighted by molar-refractivity contribution is 0.107. The molecule has 0 unspecified atom stereocenters. The monoisotopic (exact) mass is 272 g/mol. The second-order valence-electron chi connectivity index (χ2n) is 3.76. The maximum atomic E-state index is 12.0. The van der Waals surface area contributed by atoms with Crippen molar-refractivity contribution in [2.24, 2.45) is 0 Å². The van der Waals surface area contributed by atoms with Gasteiger partial charge >= 0.3 is 0 Å². The number of thiocarbonyl (C=S) groups is 1.